The Bertz CT molecular complexity index is 595. The van der Waals surface area contributed by atoms with Crippen molar-refractivity contribution >= 4 is 11.0 Å². The molecule has 0 amide bonds. The van der Waals surface area contributed by atoms with Gasteiger partial charge < -0.3 is 4.57 Å². The zero-order valence-corrected chi connectivity index (χ0v) is 14.9. The van der Waals surface area contributed by atoms with Gasteiger partial charge in [0.25, 0.3) is 0 Å². The molecule has 2 aromatic rings. The number of imidazole rings is 1. The minimum absolute atomic E-state index is 1.11. The van der Waals surface area contributed by atoms with Crippen LogP contribution < -0.4 is 0 Å². The summed E-state index contributed by atoms with van der Waals surface area (Å²) < 4.78 is 2.40. The van der Waals surface area contributed by atoms with Gasteiger partial charge in [-0.25, -0.2) is 4.98 Å². The van der Waals surface area contributed by atoms with Crippen LogP contribution in [-0.4, -0.2) is 9.55 Å². The van der Waals surface area contributed by atoms with Crippen molar-refractivity contribution in [3.8, 4) is 0 Å². The van der Waals surface area contributed by atoms with Crippen molar-refractivity contribution in [2.24, 2.45) is 0 Å². The number of benzene rings is 1. The molecule has 1 heterocycles. The second-order valence-corrected chi connectivity index (χ2v) is 6.71. The molecule has 2 nitrogen and oxygen atoms in total. The van der Waals surface area contributed by atoms with E-state index in [1.165, 1.54) is 68.0 Å². The van der Waals surface area contributed by atoms with Crippen molar-refractivity contribution in [1.82, 2.24) is 9.55 Å². The molecule has 0 saturated carbocycles. The van der Waals surface area contributed by atoms with Gasteiger partial charge in [-0.2, -0.15) is 0 Å². The van der Waals surface area contributed by atoms with E-state index in [-0.39, 0.29) is 0 Å². The third-order valence-electron chi connectivity index (χ3n) is 4.79. The lowest BCUT2D eigenvalue weighted by Gasteiger charge is -2.08. The number of hydrogen-bond acceptors (Lipinski definition) is 1. The number of fused-ring (bicyclic) bond motifs is 1. The quantitative estimate of drug-likeness (QED) is 0.511. The summed E-state index contributed by atoms with van der Waals surface area (Å²) in [7, 11) is 0. The van der Waals surface area contributed by atoms with Crippen molar-refractivity contribution in [3.05, 3.63) is 29.1 Å². The number of nitrogens with zero attached hydrogens (tertiary/aromatic N) is 2. The molecule has 0 fully saturated rings. The van der Waals surface area contributed by atoms with Crippen LogP contribution in [0.15, 0.2) is 12.1 Å². The van der Waals surface area contributed by atoms with Crippen LogP contribution in [0.4, 0.5) is 0 Å². The minimum Gasteiger partial charge on any atom is -0.328 e. The molecule has 0 unspecified atom stereocenters. The smallest absolute Gasteiger partial charge is 0.106 e. The molecule has 0 spiro atoms. The van der Waals surface area contributed by atoms with Crippen LogP contribution in [0.25, 0.3) is 11.0 Å². The van der Waals surface area contributed by atoms with Crippen LogP contribution >= 0.6 is 0 Å². The highest BCUT2D eigenvalue weighted by Gasteiger charge is 2.08. The highest BCUT2D eigenvalue weighted by molar-refractivity contribution is 5.78. The highest BCUT2D eigenvalue weighted by Crippen LogP contribution is 2.21. The first-order valence-corrected chi connectivity index (χ1v) is 9.07. The molecule has 0 aliphatic heterocycles. The predicted octanol–water partition coefficient (Wildman–Crippen LogP) is 6.10. The van der Waals surface area contributed by atoms with Gasteiger partial charge in [-0.15, -0.1) is 0 Å². The van der Waals surface area contributed by atoms with E-state index in [1.807, 2.05) is 0 Å². The van der Waals surface area contributed by atoms with Crippen molar-refractivity contribution in [2.45, 2.75) is 85.6 Å². The maximum absolute atomic E-state index is 4.73. The molecule has 1 aromatic carbocycles. The van der Waals surface area contributed by atoms with Gasteiger partial charge in [0.1, 0.15) is 5.82 Å². The van der Waals surface area contributed by atoms with Gasteiger partial charge in [0.15, 0.2) is 0 Å². The molecule has 0 aliphatic rings. The number of aryl methyl sites for hydroxylation is 4. The molecule has 22 heavy (non-hydrogen) atoms. The summed E-state index contributed by atoms with van der Waals surface area (Å²) in [6.07, 6.45) is 11.0. The third kappa shape index (κ3) is 4.34. The van der Waals surface area contributed by atoms with Gasteiger partial charge in [-0.05, 0) is 50.5 Å². The zero-order chi connectivity index (χ0) is 15.9. The van der Waals surface area contributed by atoms with Crippen LogP contribution in [0, 0.1) is 20.8 Å². The number of unbranched alkanes of at least 4 members (excludes halogenated alkanes) is 7. The molecule has 0 radical (unpaired) electrons. The average molecular weight is 300 g/mol. The van der Waals surface area contributed by atoms with E-state index < -0.39 is 0 Å². The zero-order valence-electron chi connectivity index (χ0n) is 14.9. The maximum Gasteiger partial charge on any atom is 0.106 e. The van der Waals surface area contributed by atoms with Crippen molar-refractivity contribution in [1.29, 1.82) is 0 Å². The summed E-state index contributed by atoms with van der Waals surface area (Å²) in [5.74, 6) is 1.16. The standard InChI is InChI=1S/C20H32N2/c1-5-6-7-8-9-10-11-12-13-22-18(4)21-19-14-16(2)17(3)15-20(19)22/h14-15H,5-13H2,1-4H3. The van der Waals surface area contributed by atoms with Gasteiger partial charge in [0.05, 0.1) is 11.0 Å². The van der Waals surface area contributed by atoms with E-state index in [9.17, 15) is 0 Å². The van der Waals surface area contributed by atoms with Crippen molar-refractivity contribution in [3.63, 3.8) is 0 Å². The van der Waals surface area contributed by atoms with Crippen molar-refractivity contribution in [2.75, 3.05) is 0 Å². The Morgan fingerprint density at radius 3 is 2.09 bits per heavy atom. The Hall–Kier alpha value is -1.31. The van der Waals surface area contributed by atoms with Crippen molar-refractivity contribution < 1.29 is 0 Å². The van der Waals surface area contributed by atoms with Gasteiger partial charge in [0.2, 0.25) is 0 Å². The molecule has 2 heteroatoms. The summed E-state index contributed by atoms with van der Waals surface area (Å²) in [5.41, 5.74) is 5.16. The molecule has 122 valence electrons. The van der Waals surface area contributed by atoms with Crippen LogP contribution in [0.5, 0.6) is 0 Å². The number of rotatable bonds is 9. The Morgan fingerprint density at radius 1 is 0.818 bits per heavy atom. The second-order valence-electron chi connectivity index (χ2n) is 6.71. The first-order valence-electron chi connectivity index (χ1n) is 9.07. The average Bonchev–Trinajstić information content (AvgIpc) is 2.78. The highest BCUT2D eigenvalue weighted by atomic mass is 15.1. The van der Waals surface area contributed by atoms with E-state index >= 15 is 0 Å². The van der Waals surface area contributed by atoms with E-state index in [2.05, 4.69) is 44.4 Å². The Morgan fingerprint density at radius 2 is 1.41 bits per heavy atom. The first-order chi connectivity index (χ1) is 10.6. The first kappa shape index (κ1) is 17.1. The predicted molar refractivity (Wildman–Crippen MR) is 96.6 cm³/mol. The third-order valence-corrected chi connectivity index (χ3v) is 4.79. The van der Waals surface area contributed by atoms with Crippen LogP contribution in [0.3, 0.4) is 0 Å². The molecule has 2 rings (SSSR count). The molecular weight excluding hydrogens is 268 g/mol. The lowest BCUT2D eigenvalue weighted by atomic mass is 10.1. The van der Waals surface area contributed by atoms with Gasteiger partial charge in [0, 0.05) is 6.54 Å². The fraction of sp³-hybridized carbons (Fsp3) is 0.650. The Labute approximate surface area is 135 Å². The summed E-state index contributed by atoms with van der Waals surface area (Å²) in [5, 5.41) is 0. The SMILES string of the molecule is CCCCCCCCCCn1c(C)nc2cc(C)c(C)cc21. The fourth-order valence-electron chi connectivity index (χ4n) is 3.19. The summed E-state index contributed by atoms with van der Waals surface area (Å²) >= 11 is 0. The Balaban J connectivity index is 1.84. The lowest BCUT2D eigenvalue weighted by molar-refractivity contribution is 0.544. The topological polar surface area (TPSA) is 17.8 Å². The van der Waals surface area contributed by atoms with Gasteiger partial charge in [-0.3, -0.25) is 0 Å². The maximum atomic E-state index is 4.73. The fourth-order valence-corrected chi connectivity index (χ4v) is 3.19. The molecule has 0 aliphatic carbocycles. The largest absolute Gasteiger partial charge is 0.328 e. The van der Waals surface area contributed by atoms with E-state index in [0.717, 1.165) is 17.9 Å². The molecule has 0 bridgehead atoms. The second kappa shape index (κ2) is 8.36. The van der Waals surface area contributed by atoms with E-state index in [4.69, 9.17) is 4.98 Å². The molecule has 0 atom stereocenters. The summed E-state index contributed by atoms with van der Waals surface area (Å²) in [6.45, 7) is 9.88. The lowest BCUT2D eigenvalue weighted by Crippen LogP contribution is -2.00. The Kier molecular flexibility index (Phi) is 6.48. The minimum atomic E-state index is 1.11. The summed E-state index contributed by atoms with van der Waals surface area (Å²) in [4.78, 5) is 4.73. The molecular formula is C20H32N2. The number of hydrogen-bond donors (Lipinski definition) is 0. The molecule has 0 saturated heterocycles. The van der Waals surface area contributed by atoms with Gasteiger partial charge >= 0.3 is 0 Å². The molecule has 1 aromatic heterocycles. The van der Waals surface area contributed by atoms with E-state index in [0.29, 0.717) is 0 Å². The molecule has 0 N–H and O–H groups in total. The van der Waals surface area contributed by atoms with Crippen LogP contribution in [0.1, 0.15) is 75.2 Å². The normalized spacial score (nSPS) is 11.5. The van der Waals surface area contributed by atoms with Crippen LogP contribution in [0.2, 0.25) is 0 Å². The van der Waals surface area contributed by atoms with Crippen LogP contribution in [-0.2, 0) is 6.54 Å². The summed E-state index contributed by atoms with van der Waals surface area (Å²) in [6, 6.07) is 4.53. The monoisotopic (exact) mass is 300 g/mol. The van der Waals surface area contributed by atoms with Gasteiger partial charge in [-0.1, -0.05) is 51.9 Å². The number of aromatic nitrogens is 2. The van der Waals surface area contributed by atoms with E-state index in [1.54, 1.807) is 0 Å².